The number of benzene rings is 1. The number of aromatic nitrogens is 2. The van der Waals surface area contributed by atoms with Crippen LogP contribution >= 0.6 is 0 Å². The summed E-state index contributed by atoms with van der Waals surface area (Å²) in [6, 6.07) is 7.07. The number of imidazole rings is 1. The summed E-state index contributed by atoms with van der Waals surface area (Å²) >= 11 is 0. The third-order valence-electron chi connectivity index (χ3n) is 6.78. The molecule has 1 aliphatic carbocycles. The molecule has 1 N–H and O–H groups in total. The van der Waals surface area contributed by atoms with E-state index in [1.54, 1.807) is 11.9 Å². The van der Waals surface area contributed by atoms with E-state index in [2.05, 4.69) is 26.7 Å². The van der Waals surface area contributed by atoms with Crippen LogP contribution in [0.5, 0.6) is 0 Å². The summed E-state index contributed by atoms with van der Waals surface area (Å²) in [7, 11) is 0. The zero-order chi connectivity index (χ0) is 26.1. The first-order valence-corrected chi connectivity index (χ1v) is 12.5. The van der Waals surface area contributed by atoms with Gasteiger partial charge in [-0.15, -0.1) is 0 Å². The van der Waals surface area contributed by atoms with Crippen molar-refractivity contribution in [2.45, 2.75) is 58.7 Å². The van der Waals surface area contributed by atoms with Gasteiger partial charge >= 0.3 is 5.97 Å². The lowest BCUT2D eigenvalue weighted by molar-refractivity contribution is -0.122. The van der Waals surface area contributed by atoms with E-state index in [9.17, 15) is 9.59 Å². The van der Waals surface area contributed by atoms with E-state index < -0.39 is 6.04 Å². The van der Waals surface area contributed by atoms with Gasteiger partial charge < -0.3 is 14.5 Å². The minimum atomic E-state index is -0.618. The topological polar surface area (TPSA) is 124 Å². The molecule has 0 radical (unpaired) electrons. The van der Waals surface area contributed by atoms with E-state index in [1.807, 2.05) is 48.8 Å². The molecule has 5 rings (SSSR count). The molecule has 1 atom stereocenters. The molecule has 10 nitrogen and oxygen atoms in total. The van der Waals surface area contributed by atoms with E-state index >= 15 is 0 Å². The van der Waals surface area contributed by atoms with Crippen LogP contribution in [0.2, 0.25) is 0 Å². The highest BCUT2D eigenvalue weighted by molar-refractivity contribution is 5.96. The molecule has 190 valence electrons. The summed E-state index contributed by atoms with van der Waals surface area (Å²) in [5, 5.41) is 22.1. The number of amides is 1. The van der Waals surface area contributed by atoms with E-state index in [1.165, 1.54) is 0 Å². The van der Waals surface area contributed by atoms with E-state index in [0.29, 0.717) is 48.9 Å². The fourth-order valence-electron chi connectivity index (χ4n) is 4.70. The van der Waals surface area contributed by atoms with Gasteiger partial charge in [-0.1, -0.05) is 5.22 Å². The molecule has 1 amide bonds. The highest BCUT2D eigenvalue weighted by atomic mass is 16.5. The molecule has 1 aliphatic heterocycles. The molecule has 3 heterocycles. The summed E-state index contributed by atoms with van der Waals surface area (Å²) in [5.41, 5.74) is 6.38. The number of ether oxygens (including phenoxy) is 1. The van der Waals surface area contributed by atoms with Crippen molar-refractivity contribution >= 4 is 17.5 Å². The van der Waals surface area contributed by atoms with Crippen molar-refractivity contribution in [3.8, 4) is 6.07 Å². The predicted molar refractivity (Wildman–Crippen MR) is 135 cm³/mol. The average Bonchev–Trinajstić information content (AvgIpc) is 3.49. The number of esters is 1. The molecular weight excluding hydrogens is 470 g/mol. The number of nitrogens with one attached hydrogen (secondary N) is 1. The summed E-state index contributed by atoms with van der Waals surface area (Å²) < 4.78 is 7.14. The lowest BCUT2D eigenvalue weighted by Crippen LogP contribution is -2.36. The van der Waals surface area contributed by atoms with Gasteiger partial charge in [-0.3, -0.25) is 9.80 Å². The lowest BCUT2D eigenvalue weighted by Gasteiger charge is -2.14. The van der Waals surface area contributed by atoms with Crippen molar-refractivity contribution in [3.05, 3.63) is 69.7 Å². The Morgan fingerprint density at radius 3 is 2.62 bits per heavy atom. The summed E-state index contributed by atoms with van der Waals surface area (Å²) in [5.74, 6) is -0.104. The smallest absolute Gasteiger partial charge is 0.341 e. The van der Waals surface area contributed by atoms with Crippen molar-refractivity contribution < 1.29 is 14.3 Å². The third-order valence-corrected chi connectivity index (χ3v) is 6.78. The standard InChI is InChI=1S/C27H29N7O3/c1-4-37-27(36)22-9-20(19-5-6-19)12-33-13-21(30-25(22)33)14-34-15-24(31-32-34)26(35)29-11-23-16(2)7-18(10-28)8-17(23)3/h7-9,12-13,19,24H,4-6,11,14-15H2,1-3H3,(H,29,35). The maximum atomic E-state index is 12.8. The van der Waals surface area contributed by atoms with Crippen LogP contribution in [0, 0.1) is 25.2 Å². The van der Waals surface area contributed by atoms with Crippen LogP contribution in [0.15, 0.2) is 40.9 Å². The van der Waals surface area contributed by atoms with Gasteiger partial charge in [0.2, 0.25) is 5.91 Å². The second-order valence-corrected chi connectivity index (χ2v) is 9.63. The Balaban J connectivity index is 1.24. The van der Waals surface area contributed by atoms with Crippen molar-refractivity contribution in [2.75, 3.05) is 13.2 Å². The van der Waals surface area contributed by atoms with Gasteiger partial charge in [0.15, 0.2) is 11.7 Å². The molecule has 0 spiro atoms. The number of fused-ring (bicyclic) bond motifs is 1. The number of rotatable bonds is 8. The fraction of sp³-hybridized carbons (Fsp3) is 0.407. The first kappa shape index (κ1) is 24.4. The lowest BCUT2D eigenvalue weighted by atomic mass is 9.99. The van der Waals surface area contributed by atoms with Crippen molar-refractivity contribution in [2.24, 2.45) is 10.3 Å². The van der Waals surface area contributed by atoms with E-state index in [-0.39, 0.29) is 11.9 Å². The summed E-state index contributed by atoms with van der Waals surface area (Å²) in [6.07, 6.45) is 6.17. The normalized spacial score (nSPS) is 16.7. The highest BCUT2D eigenvalue weighted by Crippen LogP contribution is 2.40. The fourth-order valence-corrected chi connectivity index (χ4v) is 4.70. The minimum Gasteiger partial charge on any atom is -0.462 e. The van der Waals surface area contributed by atoms with Gasteiger partial charge in [0.25, 0.3) is 0 Å². The van der Waals surface area contributed by atoms with Crippen LogP contribution in [-0.2, 0) is 22.6 Å². The highest BCUT2D eigenvalue weighted by Gasteiger charge is 2.29. The molecule has 1 aromatic carbocycles. The van der Waals surface area contributed by atoms with E-state index in [0.717, 1.165) is 40.8 Å². The molecule has 10 heteroatoms. The van der Waals surface area contributed by atoms with Crippen LogP contribution in [0.3, 0.4) is 0 Å². The maximum absolute atomic E-state index is 12.8. The maximum Gasteiger partial charge on any atom is 0.341 e. The van der Waals surface area contributed by atoms with Crippen molar-refractivity contribution in [3.63, 3.8) is 0 Å². The number of nitriles is 1. The van der Waals surface area contributed by atoms with Crippen LogP contribution in [-0.4, -0.2) is 45.5 Å². The number of carbonyl (C=O) groups excluding carboxylic acids is 2. The third kappa shape index (κ3) is 5.16. The number of nitrogens with zero attached hydrogens (tertiary/aromatic N) is 6. The Morgan fingerprint density at radius 2 is 1.95 bits per heavy atom. The molecule has 3 aromatic rings. The second kappa shape index (κ2) is 10.0. The molecule has 0 saturated heterocycles. The Bertz CT molecular complexity index is 1430. The number of aryl methyl sites for hydroxylation is 2. The number of hydrogen-bond donors (Lipinski definition) is 1. The van der Waals surface area contributed by atoms with Gasteiger partial charge in [-0.05, 0) is 80.0 Å². The van der Waals surface area contributed by atoms with Crippen LogP contribution in [0.1, 0.15) is 69.6 Å². The number of hydrogen-bond acceptors (Lipinski definition) is 8. The molecular formula is C27H29N7O3. The van der Waals surface area contributed by atoms with Gasteiger partial charge in [-0.25, -0.2) is 9.78 Å². The second-order valence-electron chi connectivity index (χ2n) is 9.63. The average molecular weight is 500 g/mol. The molecule has 1 unspecified atom stereocenters. The Hall–Kier alpha value is -4.26. The van der Waals surface area contributed by atoms with Gasteiger partial charge in [0.1, 0.15) is 5.56 Å². The number of carbonyl (C=O) groups is 2. The van der Waals surface area contributed by atoms with Crippen LogP contribution in [0.4, 0.5) is 0 Å². The largest absolute Gasteiger partial charge is 0.462 e. The van der Waals surface area contributed by atoms with Crippen molar-refractivity contribution in [1.82, 2.24) is 19.7 Å². The molecule has 2 aromatic heterocycles. The molecule has 1 saturated carbocycles. The van der Waals surface area contributed by atoms with Gasteiger partial charge in [0, 0.05) is 18.9 Å². The Labute approximate surface area is 214 Å². The van der Waals surface area contributed by atoms with Crippen LogP contribution in [0.25, 0.3) is 5.65 Å². The monoisotopic (exact) mass is 499 g/mol. The quantitative estimate of drug-likeness (QED) is 0.471. The first-order valence-electron chi connectivity index (χ1n) is 12.5. The van der Waals surface area contributed by atoms with Gasteiger partial charge in [0.05, 0.1) is 37.0 Å². The molecule has 2 aliphatic rings. The minimum absolute atomic E-state index is 0.205. The SMILES string of the molecule is CCOC(=O)c1cc(C2CC2)cn2cc(CN3CC(C(=O)NCc4c(C)cc(C#N)cc4C)N=N3)nc12. The molecule has 1 fully saturated rings. The Morgan fingerprint density at radius 1 is 1.19 bits per heavy atom. The molecule has 0 bridgehead atoms. The van der Waals surface area contributed by atoms with E-state index in [4.69, 9.17) is 10.00 Å². The Kier molecular flexibility index (Phi) is 6.61. The van der Waals surface area contributed by atoms with Crippen molar-refractivity contribution in [1.29, 1.82) is 5.26 Å². The molecule has 37 heavy (non-hydrogen) atoms. The predicted octanol–water partition coefficient (Wildman–Crippen LogP) is 3.74. The first-order chi connectivity index (χ1) is 17.9. The summed E-state index contributed by atoms with van der Waals surface area (Å²) in [6.45, 7) is 7.01. The zero-order valence-corrected chi connectivity index (χ0v) is 21.2. The zero-order valence-electron chi connectivity index (χ0n) is 21.2. The van der Waals surface area contributed by atoms with Crippen LogP contribution < -0.4 is 5.32 Å². The van der Waals surface area contributed by atoms with Gasteiger partial charge in [-0.2, -0.15) is 10.4 Å². The summed E-state index contributed by atoms with van der Waals surface area (Å²) in [4.78, 5) is 30.0. The number of pyridine rings is 1.